The Labute approximate surface area is 261 Å². The van der Waals surface area contributed by atoms with Gasteiger partial charge in [0.05, 0.1) is 53.9 Å². The van der Waals surface area contributed by atoms with Gasteiger partial charge in [0.1, 0.15) is 0 Å². The molecule has 2 aliphatic heterocycles. The molecular weight excluding hydrogens is 560 g/mol. The molecule has 2 aromatic carbocycles. The fraction of sp³-hybridized carbons (Fsp3) is 0.514. The SMILES string of the molecule is COc1cc(/C=C2\CC/C(=C\c3ccc(OCCCN4CCOCC4)c(OC)c3)C2=O)ccc1OCCCN1CCOCC1. The minimum atomic E-state index is 0.0785. The van der Waals surface area contributed by atoms with Crippen molar-refractivity contribution in [3.8, 4) is 23.0 Å². The van der Waals surface area contributed by atoms with Gasteiger partial charge in [-0.3, -0.25) is 14.6 Å². The highest BCUT2D eigenvalue weighted by atomic mass is 16.5. The van der Waals surface area contributed by atoms with Crippen LogP contribution in [0.2, 0.25) is 0 Å². The average Bonchev–Trinajstić information content (AvgIpc) is 3.40. The largest absolute Gasteiger partial charge is 0.493 e. The average molecular weight is 607 g/mol. The Kier molecular flexibility index (Phi) is 12.1. The summed E-state index contributed by atoms with van der Waals surface area (Å²) in [6.07, 6.45) is 7.21. The van der Waals surface area contributed by atoms with E-state index < -0.39 is 0 Å². The number of ketones is 1. The second-order valence-electron chi connectivity index (χ2n) is 11.3. The molecule has 5 rings (SSSR count). The molecule has 0 amide bonds. The van der Waals surface area contributed by atoms with E-state index in [0.717, 1.165) is 101 Å². The van der Waals surface area contributed by atoms with E-state index in [1.165, 1.54) is 0 Å². The predicted molar refractivity (Wildman–Crippen MR) is 171 cm³/mol. The Balaban J connectivity index is 1.14. The molecule has 2 aromatic rings. The van der Waals surface area contributed by atoms with Crippen molar-refractivity contribution >= 4 is 17.9 Å². The summed E-state index contributed by atoms with van der Waals surface area (Å²) in [5.74, 6) is 2.85. The zero-order valence-corrected chi connectivity index (χ0v) is 26.2. The number of rotatable bonds is 14. The molecule has 44 heavy (non-hydrogen) atoms. The molecule has 2 saturated heterocycles. The van der Waals surface area contributed by atoms with Crippen LogP contribution in [0.4, 0.5) is 0 Å². The molecule has 3 fully saturated rings. The van der Waals surface area contributed by atoms with E-state index in [4.69, 9.17) is 28.4 Å². The maximum atomic E-state index is 13.3. The zero-order valence-electron chi connectivity index (χ0n) is 26.2. The van der Waals surface area contributed by atoms with E-state index in [1.54, 1.807) is 14.2 Å². The van der Waals surface area contributed by atoms with Crippen molar-refractivity contribution in [1.29, 1.82) is 0 Å². The number of hydrogen-bond donors (Lipinski definition) is 0. The number of benzene rings is 2. The topological polar surface area (TPSA) is 78.9 Å². The monoisotopic (exact) mass is 606 g/mol. The fourth-order valence-electron chi connectivity index (χ4n) is 5.76. The van der Waals surface area contributed by atoms with Crippen LogP contribution < -0.4 is 18.9 Å². The van der Waals surface area contributed by atoms with Gasteiger partial charge in [-0.05, 0) is 73.2 Å². The summed E-state index contributed by atoms with van der Waals surface area (Å²) in [5.41, 5.74) is 3.43. The molecule has 1 saturated carbocycles. The zero-order chi connectivity index (χ0) is 30.6. The van der Waals surface area contributed by atoms with Gasteiger partial charge < -0.3 is 28.4 Å². The maximum absolute atomic E-state index is 13.3. The molecular formula is C35H46N2O7. The van der Waals surface area contributed by atoms with Crippen LogP contribution >= 0.6 is 0 Å². The van der Waals surface area contributed by atoms with Gasteiger partial charge >= 0.3 is 0 Å². The molecule has 0 unspecified atom stereocenters. The first-order chi connectivity index (χ1) is 21.6. The smallest absolute Gasteiger partial charge is 0.185 e. The molecule has 0 bridgehead atoms. The first-order valence-electron chi connectivity index (χ1n) is 15.8. The Bertz CT molecular complexity index is 1200. The van der Waals surface area contributed by atoms with Gasteiger partial charge in [0.2, 0.25) is 0 Å². The molecule has 9 nitrogen and oxygen atoms in total. The Morgan fingerprint density at radius 3 is 1.50 bits per heavy atom. The van der Waals surface area contributed by atoms with Gasteiger partial charge in [-0.2, -0.15) is 0 Å². The van der Waals surface area contributed by atoms with Gasteiger partial charge in [-0.1, -0.05) is 12.1 Å². The Hall–Kier alpha value is -3.37. The molecule has 238 valence electrons. The second-order valence-corrected chi connectivity index (χ2v) is 11.3. The molecule has 2 heterocycles. The van der Waals surface area contributed by atoms with Gasteiger partial charge in [-0.25, -0.2) is 0 Å². The highest BCUT2D eigenvalue weighted by Crippen LogP contribution is 2.34. The van der Waals surface area contributed by atoms with E-state index in [-0.39, 0.29) is 5.78 Å². The third-order valence-electron chi connectivity index (χ3n) is 8.26. The summed E-state index contributed by atoms with van der Waals surface area (Å²) < 4.78 is 34.1. The highest BCUT2D eigenvalue weighted by molar-refractivity contribution is 6.15. The fourth-order valence-corrected chi connectivity index (χ4v) is 5.76. The lowest BCUT2D eigenvalue weighted by Gasteiger charge is -2.26. The lowest BCUT2D eigenvalue weighted by atomic mass is 10.1. The van der Waals surface area contributed by atoms with Crippen LogP contribution in [0.3, 0.4) is 0 Å². The number of allylic oxidation sites excluding steroid dienone is 2. The summed E-state index contributed by atoms with van der Waals surface area (Å²) in [6, 6.07) is 11.7. The van der Waals surface area contributed by atoms with E-state index in [9.17, 15) is 4.79 Å². The van der Waals surface area contributed by atoms with Gasteiger partial charge in [0.15, 0.2) is 28.8 Å². The van der Waals surface area contributed by atoms with Crippen LogP contribution in [0.25, 0.3) is 12.2 Å². The van der Waals surface area contributed by atoms with Gasteiger partial charge in [-0.15, -0.1) is 0 Å². The lowest BCUT2D eigenvalue weighted by molar-refractivity contribution is -0.111. The number of nitrogens with zero attached hydrogens (tertiary/aromatic N) is 2. The van der Waals surface area contributed by atoms with E-state index in [1.807, 2.05) is 48.6 Å². The van der Waals surface area contributed by atoms with Gasteiger partial charge in [0.25, 0.3) is 0 Å². The van der Waals surface area contributed by atoms with Gasteiger partial charge in [0, 0.05) is 50.4 Å². The number of carbonyl (C=O) groups excluding carboxylic acids is 1. The van der Waals surface area contributed by atoms with Crippen LogP contribution in [0.15, 0.2) is 47.5 Å². The third kappa shape index (κ3) is 9.08. The third-order valence-corrected chi connectivity index (χ3v) is 8.26. The molecule has 1 aliphatic carbocycles. The molecule has 0 radical (unpaired) electrons. The van der Waals surface area contributed by atoms with Crippen molar-refractivity contribution in [2.75, 3.05) is 93.1 Å². The Morgan fingerprint density at radius 2 is 1.09 bits per heavy atom. The number of morpholine rings is 2. The van der Waals surface area contributed by atoms with E-state index >= 15 is 0 Å². The maximum Gasteiger partial charge on any atom is 0.185 e. The molecule has 9 heteroatoms. The first-order valence-corrected chi connectivity index (χ1v) is 15.8. The normalized spacial score (nSPS) is 19.9. The number of ether oxygens (including phenoxy) is 6. The number of methoxy groups -OCH3 is 2. The molecule has 0 spiro atoms. The van der Waals surface area contributed by atoms with Crippen molar-refractivity contribution < 1.29 is 33.2 Å². The second kappa shape index (κ2) is 16.6. The predicted octanol–water partition coefficient (Wildman–Crippen LogP) is 4.74. The first kappa shape index (κ1) is 32.0. The molecule has 0 atom stereocenters. The van der Waals surface area contributed by atoms with Crippen molar-refractivity contribution in [2.45, 2.75) is 25.7 Å². The summed E-state index contributed by atoms with van der Waals surface area (Å²) in [6.45, 7) is 10.4. The van der Waals surface area contributed by atoms with Crippen molar-refractivity contribution in [1.82, 2.24) is 9.80 Å². The number of carbonyl (C=O) groups is 1. The van der Waals surface area contributed by atoms with Crippen molar-refractivity contribution in [2.24, 2.45) is 0 Å². The molecule has 0 N–H and O–H groups in total. The summed E-state index contributed by atoms with van der Waals surface area (Å²) in [4.78, 5) is 18.1. The quantitative estimate of drug-likeness (QED) is 0.224. The van der Waals surface area contributed by atoms with Crippen LogP contribution in [0, 0.1) is 0 Å². The van der Waals surface area contributed by atoms with Crippen LogP contribution in [0.1, 0.15) is 36.8 Å². The standard InChI is InChI=1S/C35H46N2O7/c1-39-33-25-27(5-9-31(33)43-17-3-11-36-13-19-41-20-14-36)23-29-7-8-30(35(29)38)24-28-6-10-32(34(26-28)40-2)44-18-4-12-37-15-21-42-22-16-37/h5-6,9-10,23-26H,3-4,7-8,11-22H2,1-2H3/b29-23+,30-24+. The summed E-state index contributed by atoms with van der Waals surface area (Å²) in [7, 11) is 3.29. The minimum absolute atomic E-state index is 0.0785. The number of hydrogen-bond acceptors (Lipinski definition) is 9. The van der Waals surface area contributed by atoms with Crippen LogP contribution in [-0.4, -0.2) is 109 Å². The summed E-state index contributed by atoms with van der Waals surface area (Å²) in [5, 5.41) is 0. The van der Waals surface area contributed by atoms with E-state index in [0.29, 0.717) is 49.1 Å². The van der Waals surface area contributed by atoms with Crippen LogP contribution in [-0.2, 0) is 14.3 Å². The van der Waals surface area contributed by atoms with Crippen molar-refractivity contribution in [3.63, 3.8) is 0 Å². The highest BCUT2D eigenvalue weighted by Gasteiger charge is 2.23. The van der Waals surface area contributed by atoms with E-state index in [2.05, 4.69) is 9.80 Å². The van der Waals surface area contributed by atoms with Crippen molar-refractivity contribution in [3.05, 3.63) is 58.7 Å². The summed E-state index contributed by atoms with van der Waals surface area (Å²) >= 11 is 0. The van der Waals surface area contributed by atoms with Crippen LogP contribution in [0.5, 0.6) is 23.0 Å². The molecule has 0 aromatic heterocycles. The lowest BCUT2D eigenvalue weighted by Crippen LogP contribution is -2.37. The number of Topliss-reactive ketones (excluding diaryl/α,β-unsaturated/α-hetero) is 1. The minimum Gasteiger partial charge on any atom is -0.493 e. The Morgan fingerprint density at radius 1 is 0.659 bits per heavy atom. The molecule has 3 aliphatic rings.